The number of rotatable bonds is 6. The molecule has 50 heavy (non-hydrogen) atoms. The van der Waals surface area contributed by atoms with Crippen molar-refractivity contribution in [1.82, 2.24) is 0 Å². The predicted octanol–water partition coefficient (Wildman–Crippen LogP) is 3.73. The molecule has 0 aromatic heterocycles. The molecule has 2 N–H and O–H groups in total. The van der Waals surface area contributed by atoms with Crippen LogP contribution in [0.25, 0.3) is 0 Å². The average molecular weight is 691 g/mol. The van der Waals surface area contributed by atoms with Gasteiger partial charge in [-0.2, -0.15) is 0 Å². The lowest BCUT2D eigenvalue weighted by Gasteiger charge is -2.42. The van der Waals surface area contributed by atoms with Crippen molar-refractivity contribution in [3.63, 3.8) is 0 Å². The topological polar surface area (TPSA) is 180 Å². The van der Waals surface area contributed by atoms with Crippen molar-refractivity contribution in [2.45, 2.75) is 83.6 Å². The van der Waals surface area contributed by atoms with Gasteiger partial charge in [0, 0.05) is 37.2 Å². The summed E-state index contributed by atoms with van der Waals surface area (Å²) in [6, 6.07) is 15.3. The summed E-state index contributed by atoms with van der Waals surface area (Å²) in [5, 5.41) is 23.3. The van der Waals surface area contributed by atoms with Crippen molar-refractivity contribution < 1.29 is 57.9 Å². The third kappa shape index (κ3) is 7.61. The number of carbonyl (C=O) groups is 6. The summed E-state index contributed by atoms with van der Waals surface area (Å²) >= 11 is 0. The lowest BCUT2D eigenvalue weighted by Crippen LogP contribution is -2.58. The van der Waals surface area contributed by atoms with Gasteiger partial charge in [-0.1, -0.05) is 75.9 Å². The lowest BCUT2D eigenvalue weighted by molar-refractivity contribution is -0.182. The molecule has 266 valence electrons. The van der Waals surface area contributed by atoms with Gasteiger partial charge in [-0.05, 0) is 31.2 Å². The van der Waals surface area contributed by atoms with E-state index in [1.165, 1.54) is 64.1 Å². The van der Waals surface area contributed by atoms with Gasteiger partial charge in [-0.3, -0.25) is 19.2 Å². The highest BCUT2D eigenvalue weighted by Crippen LogP contribution is 2.52. The van der Waals surface area contributed by atoms with E-state index in [1.54, 1.807) is 36.4 Å². The van der Waals surface area contributed by atoms with E-state index in [9.17, 15) is 39.0 Å². The highest BCUT2D eigenvalue weighted by atomic mass is 16.6. The van der Waals surface area contributed by atoms with Crippen LogP contribution in [0.2, 0.25) is 0 Å². The third-order valence-corrected chi connectivity index (χ3v) is 9.10. The molecule has 2 aliphatic rings. The maximum Gasteiger partial charge on any atom is 0.339 e. The van der Waals surface area contributed by atoms with E-state index in [1.807, 2.05) is 0 Å². The summed E-state index contributed by atoms with van der Waals surface area (Å²) in [7, 11) is 0. The Balaban J connectivity index is 2.06. The minimum absolute atomic E-state index is 0.0197. The third-order valence-electron chi connectivity index (χ3n) is 9.10. The van der Waals surface area contributed by atoms with Gasteiger partial charge in [0.2, 0.25) is 5.78 Å². The van der Waals surface area contributed by atoms with Crippen LogP contribution >= 0.6 is 0 Å². The zero-order chi connectivity index (χ0) is 37.2. The second-order valence-corrected chi connectivity index (χ2v) is 13.6. The van der Waals surface area contributed by atoms with Gasteiger partial charge in [0.25, 0.3) is 0 Å². The van der Waals surface area contributed by atoms with Gasteiger partial charge >= 0.3 is 23.9 Å². The Morgan fingerprint density at radius 1 is 0.820 bits per heavy atom. The highest BCUT2D eigenvalue weighted by molar-refractivity contribution is 5.97. The fourth-order valence-corrected chi connectivity index (χ4v) is 6.64. The molecule has 2 unspecified atom stereocenters. The number of aliphatic hydroxyl groups is 2. The Bertz CT molecular complexity index is 1690. The Hall–Kier alpha value is -4.94. The monoisotopic (exact) mass is 690 g/mol. The molecule has 0 radical (unpaired) electrons. The smallest absolute Gasteiger partial charge is 0.339 e. The standard InChI is InChI=1S/C38H42O12/c1-21-18-19-36(5,6)32(43)28(41)30(49-35(45)26-16-12-9-13-17-26)22(2)29(48-34(44)25-14-10-8-11-15-25)27-33(47-23(3)39)37(7,46)20-38(27,31(21)42)50-24(4)40/h8-19,21,27,29-30,32-33,43,46H,2,20H2,1,3-7H3/b19-18-/t21-,27-,29?,30?,32-,33+,37+,38+/m0/s1. The highest BCUT2D eigenvalue weighted by Gasteiger charge is 2.70. The average Bonchev–Trinajstić information content (AvgIpc) is 3.28. The molecule has 4 rings (SSSR count). The molecule has 12 nitrogen and oxygen atoms in total. The molecule has 1 fully saturated rings. The zero-order valence-electron chi connectivity index (χ0n) is 28.8. The van der Waals surface area contributed by atoms with Crippen molar-refractivity contribution in [2.75, 3.05) is 0 Å². The number of hydrogen-bond donors (Lipinski definition) is 2. The van der Waals surface area contributed by atoms with Crippen LogP contribution < -0.4 is 0 Å². The van der Waals surface area contributed by atoms with Crippen molar-refractivity contribution in [3.8, 4) is 0 Å². The second-order valence-electron chi connectivity index (χ2n) is 13.6. The van der Waals surface area contributed by atoms with Crippen molar-refractivity contribution in [3.05, 3.63) is 96.1 Å². The molecular formula is C38H42O12. The van der Waals surface area contributed by atoms with Crippen LogP contribution in [0.4, 0.5) is 0 Å². The Kier molecular flexibility index (Phi) is 11.0. The molecule has 0 saturated heterocycles. The fraction of sp³-hybridized carbons (Fsp3) is 0.421. The van der Waals surface area contributed by atoms with E-state index in [-0.39, 0.29) is 11.1 Å². The molecule has 0 amide bonds. The van der Waals surface area contributed by atoms with Crippen LogP contribution in [0.5, 0.6) is 0 Å². The van der Waals surface area contributed by atoms with E-state index in [0.29, 0.717) is 0 Å². The number of allylic oxidation sites excluding steroid dienone is 1. The number of Topliss-reactive ketones (excluding diaryl/α,β-unsaturated/α-hetero) is 2. The van der Waals surface area contributed by atoms with Crippen molar-refractivity contribution in [1.29, 1.82) is 0 Å². The maximum atomic E-state index is 14.7. The predicted molar refractivity (Wildman–Crippen MR) is 177 cm³/mol. The Morgan fingerprint density at radius 3 is 1.84 bits per heavy atom. The van der Waals surface area contributed by atoms with Crippen LogP contribution in [0.15, 0.2) is 85.0 Å². The van der Waals surface area contributed by atoms with Crippen LogP contribution in [0.1, 0.15) is 68.7 Å². The number of aliphatic hydroxyl groups excluding tert-OH is 1. The molecule has 0 aliphatic heterocycles. The molecule has 0 bridgehead atoms. The van der Waals surface area contributed by atoms with Gasteiger partial charge in [0.05, 0.1) is 17.0 Å². The van der Waals surface area contributed by atoms with Crippen LogP contribution in [-0.4, -0.2) is 81.3 Å². The van der Waals surface area contributed by atoms with E-state index < -0.39 is 100 Å². The molecule has 2 aromatic rings. The first-order valence-electron chi connectivity index (χ1n) is 16.1. The van der Waals surface area contributed by atoms with E-state index in [4.69, 9.17) is 18.9 Å². The Morgan fingerprint density at radius 2 is 1.34 bits per heavy atom. The number of carbonyl (C=O) groups excluding carboxylic acids is 6. The van der Waals surface area contributed by atoms with Crippen LogP contribution in [0.3, 0.4) is 0 Å². The van der Waals surface area contributed by atoms with E-state index in [2.05, 4.69) is 6.58 Å². The van der Waals surface area contributed by atoms with Gasteiger partial charge in [0.15, 0.2) is 17.5 Å². The fourth-order valence-electron chi connectivity index (χ4n) is 6.64. The molecule has 8 atom stereocenters. The summed E-state index contributed by atoms with van der Waals surface area (Å²) in [5.74, 6) is -8.52. The molecule has 2 aliphatic carbocycles. The van der Waals surface area contributed by atoms with Gasteiger partial charge < -0.3 is 29.2 Å². The zero-order valence-corrected chi connectivity index (χ0v) is 28.8. The van der Waals surface area contributed by atoms with E-state index in [0.717, 1.165) is 13.8 Å². The molecule has 0 heterocycles. The summed E-state index contributed by atoms with van der Waals surface area (Å²) in [6.45, 7) is 11.9. The number of fused-ring (bicyclic) bond motifs is 1. The first kappa shape index (κ1) is 37.9. The summed E-state index contributed by atoms with van der Waals surface area (Å²) in [5.41, 5.74) is -6.23. The number of hydrogen-bond acceptors (Lipinski definition) is 12. The largest absolute Gasteiger partial charge is 0.459 e. The maximum absolute atomic E-state index is 14.7. The first-order chi connectivity index (χ1) is 23.3. The van der Waals surface area contributed by atoms with Crippen molar-refractivity contribution in [2.24, 2.45) is 17.3 Å². The van der Waals surface area contributed by atoms with Gasteiger partial charge in [-0.15, -0.1) is 0 Å². The molecule has 2 aromatic carbocycles. The quantitative estimate of drug-likeness (QED) is 0.255. The lowest BCUT2D eigenvalue weighted by atomic mass is 9.72. The normalized spacial score (nSPS) is 31.6. The summed E-state index contributed by atoms with van der Waals surface area (Å²) in [4.78, 5) is 81.6. The van der Waals surface area contributed by atoms with Crippen LogP contribution in [-0.2, 0) is 38.1 Å². The molecular weight excluding hydrogens is 648 g/mol. The number of esters is 4. The molecule has 0 spiro atoms. The van der Waals surface area contributed by atoms with Crippen LogP contribution in [0, 0.1) is 17.3 Å². The minimum Gasteiger partial charge on any atom is -0.459 e. The van der Waals surface area contributed by atoms with Crippen molar-refractivity contribution >= 4 is 35.4 Å². The first-order valence-corrected chi connectivity index (χ1v) is 16.1. The molecule has 12 heteroatoms. The number of ether oxygens (including phenoxy) is 4. The second kappa shape index (κ2) is 14.5. The summed E-state index contributed by atoms with van der Waals surface area (Å²) < 4.78 is 23.2. The Labute approximate surface area is 290 Å². The summed E-state index contributed by atoms with van der Waals surface area (Å²) in [6.07, 6.45) is -5.32. The van der Waals surface area contributed by atoms with E-state index >= 15 is 0 Å². The minimum atomic E-state index is -2.36. The SMILES string of the molecule is C=C1C(OC(=O)c2ccccc2)C(=O)[C@H](O)C(C)(C)/C=C\[C@H](C)C(=O)[C@@]2(OC(C)=O)C[C@@](C)(O)[C@H](OC(C)=O)[C@@H]2C1OC(=O)c1ccccc1. The number of ketones is 2. The number of benzene rings is 2. The van der Waals surface area contributed by atoms with Gasteiger partial charge in [-0.25, -0.2) is 9.59 Å². The molecule has 1 saturated carbocycles. The van der Waals surface area contributed by atoms with Gasteiger partial charge in [0.1, 0.15) is 23.9 Å².